The summed E-state index contributed by atoms with van der Waals surface area (Å²) in [6.45, 7) is 5.32. The highest BCUT2D eigenvalue weighted by molar-refractivity contribution is 5.34. The molecule has 2 aliphatic rings. The highest BCUT2D eigenvalue weighted by Crippen LogP contribution is 2.23. The summed E-state index contributed by atoms with van der Waals surface area (Å²) in [4.78, 5) is 2.63. The van der Waals surface area contributed by atoms with E-state index in [4.69, 9.17) is 5.73 Å². The third kappa shape index (κ3) is 2.23. The first kappa shape index (κ1) is 11.2. The molecule has 1 saturated heterocycles. The molecule has 1 atom stereocenters. The summed E-state index contributed by atoms with van der Waals surface area (Å²) in [5, 5.41) is 3.45. The Morgan fingerprint density at radius 1 is 1.35 bits per heavy atom. The highest BCUT2D eigenvalue weighted by Gasteiger charge is 2.25. The van der Waals surface area contributed by atoms with Gasteiger partial charge in [-0.05, 0) is 36.1 Å². The van der Waals surface area contributed by atoms with E-state index in [9.17, 15) is 0 Å². The van der Waals surface area contributed by atoms with Crippen LogP contribution in [0.5, 0.6) is 0 Å². The van der Waals surface area contributed by atoms with E-state index < -0.39 is 0 Å². The first-order valence-corrected chi connectivity index (χ1v) is 6.62. The van der Waals surface area contributed by atoms with Crippen LogP contribution in [0.3, 0.4) is 0 Å². The molecule has 1 unspecified atom stereocenters. The molecule has 0 saturated carbocycles. The van der Waals surface area contributed by atoms with Crippen LogP contribution in [0.15, 0.2) is 18.2 Å². The van der Waals surface area contributed by atoms with Crippen LogP contribution in [-0.4, -0.2) is 30.6 Å². The van der Waals surface area contributed by atoms with Crippen LogP contribution in [0.4, 0.5) is 0 Å². The number of nitrogens with zero attached hydrogens (tertiary/aromatic N) is 1. The van der Waals surface area contributed by atoms with Crippen molar-refractivity contribution in [2.24, 2.45) is 5.73 Å². The van der Waals surface area contributed by atoms with Crippen molar-refractivity contribution >= 4 is 0 Å². The van der Waals surface area contributed by atoms with Crippen molar-refractivity contribution in [3.8, 4) is 0 Å². The lowest BCUT2D eigenvalue weighted by molar-refractivity contribution is 0.190. The molecule has 3 nitrogen and oxygen atoms in total. The molecule has 3 rings (SSSR count). The highest BCUT2D eigenvalue weighted by atomic mass is 15.2. The van der Waals surface area contributed by atoms with Gasteiger partial charge in [-0.1, -0.05) is 18.2 Å². The van der Waals surface area contributed by atoms with E-state index in [-0.39, 0.29) is 0 Å². The van der Waals surface area contributed by atoms with Crippen molar-refractivity contribution in [3.05, 3.63) is 34.9 Å². The maximum Gasteiger partial charge on any atom is 0.0240 e. The number of benzene rings is 1. The second-order valence-corrected chi connectivity index (χ2v) is 5.17. The van der Waals surface area contributed by atoms with Gasteiger partial charge in [0.1, 0.15) is 0 Å². The normalized spacial score (nSPS) is 24.9. The fourth-order valence-corrected chi connectivity index (χ4v) is 3.02. The number of rotatable bonds is 2. The van der Waals surface area contributed by atoms with E-state index >= 15 is 0 Å². The van der Waals surface area contributed by atoms with Gasteiger partial charge in [0.05, 0.1) is 0 Å². The van der Waals surface area contributed by atoms with Crippen molar-refractivity contribution in [3.63, 3.8) is 0 Å². The third-order valence-electron chi connectivity index (χ3n) is 4.10. The Hall–Kier alpha value is -0.900. The minimum atomic E-state index is 0.656. The first-order valence-electron chi connectivity index (χ1n) is 6.62. The van der Waals surface area contributed by atoms with Crippen molar-refractivity contribution in [1.82, 2.24) is 10.2 Å². The molecule has 0 radical (unpaired) electrons. The Kier molecular flexibility index (Phi) is 3.14. The Balaban J connectivity index is 1.76. The topological polar surface area (TPSA) is 41.3 Å². The summed E-state index contributed by atoms with van der Waals surface area (Å²) in [5.41, 5.74) is 9.96. The SMILES string of the molecule is NCc1ccc2c(c1)CCN(C1CCNC1)C2. The Morgan fingerprint density at radius 3 is 3.06 bits per heavy atom. The minimum absolute atomic E-state index is 0.656. The number of hydrogen-bond donors (Lipinski definition) is 2. The lowest BCUT2D eigenvalue weighted by atomic mass is 9.96. The molecule has 1 aromatic carbocycles. The monoisotopic (exact) mass is 231 g/mol. The van der Waals surface area contributed by atoms with Gasteiger partial charge in [-0.3, -0.25) is 4.90 Å². The predicted molar refractivity (Wildman–Crippen MR) is 69.7 cm³/mol. The zero-order valence-electron chi connectivity index (χ0n) is 10.3. The summed E-state index contributed by atoms with van der Waals surface area (Å²) in [7, 11) is 0. The average molecular weight is 231 g/mol. The molecule has 0 aliphatic carbocycles. The molecule has 0 bridgehead atoms. The molecule has 0 amide bonds. The number of fused-ring (bicyclic) bond motifs is 1. The number of nitrogens with two attached hydrogens (primary N) is 1. The third-order valence-corrected chi connectivity index (χ3v) is 4.10. The van der Waals surface area contributed by atoms with Gasteiger partial charge in [0.2, 0.25) is 0 Å². The van der Waals surface area contributed by atoms with Gasteiger partial charge in [-0.15, -0.1) is 0 Å². The van der Waals surface area contributed by atoms with Gasteiger partial charge in [0.25, 0.3) is 0 Å². The summed E-state index contributed by atoms with van der Waals surface area (Å²) in [6, 6.07) is 7.48. The van der Waals surface area contributed by atoms with E-state index in [1.807, 2.05) is 0 Å². The summed E-state index contributed by atoms with van der Waals surface area (Å²) in [6.07, 6.45) is 2.48. The largest absolute Gasteiger partial charge is 0.326 e. The fraction of sp³-hybridized carbons (Fsp3) is 0.571. The molecule has 92 valence electrons. The van der Waals surface area contributed by atoms with E-state index in [0.29, 0.717) is 6.54 Å². The fourth-order valence-electron chi connectivity index (χ4n) is 3.02. The predicted octanol–water partition coefficient (Wildman–Crippen LogP) is 0.865. The van der Waals surface area contributed by atoms with Crippen molar-refractivity contribution in [1.29, 1.82) is 0 Å². The minimum Gasteiger partial charge on any atom is -0.326 e. The van der Waals surface area contributed by atoms with E-state index in [2.05, 4.69) is 28.4 Å². The summed E-state index contributed by atoms with van der Waals surface area (Å²) in [5.74, 6) is 0. The lowest BCUT2D eigenvalue weighted by Gasteiger charge is -2.33. The molecule has 1 fully saturated rings. The van der Waals surface area contributed by atoms with Gasteiger partial charge in [-0.2, -0.15) is 0 Å². The van der Waals surface area contributed by atoms with Gasteiger partial charge in [0, 0.05) is 32.2 Å². The summed E-state index contributed by atoms with van der Waals surface area (Å²) < 4.78 is 0. The van der Waals surface area contributed by atoms with Crippen LogP contribution in [0.2, 0.25) is 0 Å². The first-order chi connectivity index (χ1) is 8.36. The van der Waals surface area contributed by atoms with Crippen molar-refractivity contribution in [2.75, 3.05) is 19.6 Å². The second-order valence-electron chi connectivity index (χ2n) is 5.17. The van der Waals surface area contributed by atoms with Crippen LogP contribution in [0.25, 0.3) is 0 Å². The van der Waals surface area contributed by atoms with Crippen LogP contribution >= 0.6 is 0 Å². The lowest BCUT2D eigenvalue weighted by Crippen LogP contribution is -2.40. The van der Waals surface area contributed by atoms with Gasteiger partial charge >= 0.3 is 0 Å². The van der Waals surface area contributed by atoms with Crippen molar-refractivity contribution < 1.29 is 0 Å². The van der Waals surface area contributed by atoms with Gasteiger partial charge in [0.15, 0.2) is 0 Å². The van der Waals surface area contributed by atoms with Crippen LogP contribution in [0, 0.1) is 0 Å². The Bertz CT molecular complexity index is 396. The molecule has 2 aliphatic heterocycles. The zero-order chi connectivity index (χ0) is 11.7. The molecule has 0 spiro atoms. The molecule has 3 heteroatoms. The van der Waals surface area contributed by atoms with Gasteiger partial charge < -0.3 is 11.1 Å². The smallest absolute Gasteiger partial charge is 0.0240 e. The number of nitrogens with one attached hydrogen (secondary N) is 1. The maximum absolute atomic E-state index is 5.69. The average Bonchev–Trinajstić information content (AvgIpc) is 2.91. The molecule has 1 aromatic rings. The van der Waals surface area contributed by atoms with E-state index in [1.165, 1.54) is 42.6 Å². The number of hydrogen-bond acceptors (Lipinski definition) is 3. The summed E-state index contributed by atoms with van der Waals surface area (Å²) >= 11 is 0. The molecule has 17 heavy (non-hydrogen) atoms. The van der Waals surface area contributed by atoms with E-state index in [0.717, 1.165) is 19.1 Å². The molecule has 2 heterocycles. The van der Waals surface area contributed by atoms with Crippen molar-refractivity contribution in [2.45, 2.75) is 32.0 Å². The second kappa shape index (κ2) is 4.77. The van der Waals surface area contributed by atoms with Crippen LogP contribution in [-0.2, 0) is 19.5 Å². The zero-order valence-corrected chi connectivity index (χ0v) is 10.3. The van der Waals surface area contributed by atoms with Crippen LogP contribution in [0.1, 0.15) is 23.1 Å². The van der Waals surface area contributed by atoms with Crippen LogP contribution < -0.4 is 11.1 Å². The quantitative estimate of drug-likeness (QED) is 0.793. The maximum atomic E-state index is 5.69. The molecule has 3 N–H and O–H groups in total. The Morgan fingerprint density at radius 2 is 2.29 bits per heavy atom. The van der Waals surface area contributed by atoms with Gasteiger partial charge in [-0.25, -0.2) is 0 Å². The molecular formula is C14H21N3. The van der Waals surface area contributed by atoms with E-state index in [1.54, 1.807) is 0 Å². The standard InChI is InChI=1S/C14H21N3/c15-8-11-1-2-13-10-17(6-4-12(13)7-11)14-3-5-16-9-14/h1-2,7,14,16H,3-6,8-10,15H2. The molecular weight excluding hydrogens is 210 g/mol. The molecule has 0 aromatic heterocycles. The Labute approximate surface area is 103 Å².